The molecule has 0 spiro atoms. The van der Waals surface area contributed by atoms with Gasteiger partial charge in [-0.15, -0.1) is 5.10 Å². The Balaban J connectivity index is 1.61. The van der Waals surface area contributed by atoms with E-state index in [4.69, 9.17) is 14.6 Å². The predicted molar refractivity (Wildman–Crippen MR) is 143 cm³/mol. The first kappa shape index (κ1) is 25.8. The van der Waals surface area contributed by atoms with E-state index in [1.165, 1.54) is 5.56 Å². The molecule has 0 saturated heterocycles. The van der Waals surface area contributed by atoms with Gasteiger partial charge in [0.1, 0.15) is 18.4 Å². The van der Waals surface area contributed by atoms with Gasteiger partial charge in [-0.05, 0) is 55.5 Å². The molecule has 36 heavy (non-hydrogen) atoms. The number of carbonyl (C=O) groups excluding carboxylic acids is 1. The number of esters is 1. The molecule has 0 fully saturated rings. The number of anilines is 1. The lowest BCUT2D eigenvalue weighted by molar-refractivity contribution is -0.139. The van der Waals surface area contributed by atoms with E-state index in [2.05, 4.69) is 36.3 Å². The van der Waals surface area contributed by atoms with Crippen molar-refractivity contribution in [3.05, 3.63) is 76.5 Å². The lowest BCUT2D eigenvalue weighted by atomic mass is 9.96. The third kappa shape index (κ3) is 5.93. The summed E-state index contributed by atoms with van der Waals surface area (Å²) in [7, 11) is 0. The number of fused-ring (bicyclic) bond motifs is 1. The van der Waals surface area contributed by atoms with Crippen molar-refractivity contribution in [3.63, 3.8) is 0 Å². The topological polar surface area (TPSA) is 78.3 Å². The van der Waals surface area contributed by atoms with Crippen LogP contribution in [0.4, 0.5) is 5.95 Å². The van der Waals surface area contributed by atoms with Crippen molar-refractivity contribution in [2.45, 2.75) is 64.8 Å². The van der Waals surface area contributed by atoms with Crippen LogP contribution in [0.15, 0.2) is 65.0 Å². The van der Waals surface area contributed by atoms with E-state index in [1.807, 2.05) is 50.2 Å². The molecule has 8 heteroatoms. The number of nitrogens with zero attached hydrogens (tertiary/aromatic N) is 3. The van der Waals surface area contributed by atoms with Crippen LogP contribution in [0.3, 0.4) is 0 Å². The van der Waals surface area contributed by atoms with Crippen LogP contribution in [0.1, 0.15) is 62.8 Å². The van der Waals surface area contributed by atoms with Gasteiger partial charge in [0.05, 0.1) is 12.2 Å². The van der Waals surface area contributed by atoms with Crippen molar-refractivity contribution in [1.29, 1.82) is 0 Å². The van der Waals surface area contributed by atoms with Crippen molar-refractivity contribution >= 4 is 23.7 Å². The number of hydrogen-bond acceptors (Lipinski definition) is 7. The third-order valence-electron chi connectivity index (χ3n) is 6.07. The zero-order valence-electron chi connectivity index (χ0n) is 21.4. The number of unbranched alkanes of at least 4 members (excludes halogenated alkanes) is 1. The third-order valence-corrected chi connectivity index (χ3v) is 6.99. The Hall–Kier alpha value is -3.26. The van der Waals surface area contributed by atoms with Gasteiger partial charge in [0.25, 0.3) is 0 Å². The molecule has 0 amide bonds. The predicted octanol–water partition coefficient (Wildman–Crippen LogP) is 6.30. The molecule has 0 radical (unpaired) electrons. The molecule has 7 nitrogen and oxygen atoms in total. The maximum Gasteiger partial charge on any atom is 0.338 e. The first-order valence-electron chi connectivity index (χ1n) is 12.5. The van der Waals surface area contributed by atoms with Crippen molar-refractivity contribution in [2.75, 3.05) is 17.7 Å². The second-order valence-electron chi connectivity index (χ2n) is 8.85. The Morgan fingerprint density at radius 2 is 1.86 bits per heavy atom. The number of allylic oxidation sites excluding steroid dienone is 1. The molecular weight excluding hydrogens is 472 g/mol. The minimum Gasteiger partial charge on any atom is -0.489 e. The van der Waals surface area contributed by atoms with Crippen molar-refractivity contribution in [1.82, 2.24) is 14.8 Å². The number of aryl methyl sites for hydroxylation is 1. The average Bonchev–Trinajstić information content (AvgIpc) is 3.28. The lowest BCUT2D eigenvalue weighted by Gasteiger charge is -2.28. The smallest absolute Gasteiger partial charge is 0.338 e. The highest BCUT2D eigenvalue weighted by molar-refractivity contribution is 7.99. The summed E-state index contributed by atoms with van der Waals surface area (Å²) in [6.07, 6.45) is 2.98. The molecule has 3 aromatic rings. The van der Waals surface area contributed by atoms with Crippen LogP contribution in [-0.2, 0) is 16.1 Å². The highest BCUT2D eigenvalue weighted by Gasteiger charge is 2.35. The number of carbonyl (C=O) groups is 1. The Morgan fingerprint density at radius 1 is 1.08 bits per heavy atom. The fourth-order valence-corrected chi connectivity index (χ4v) is 4.94. The molecule has 1 aliphatic heterocycles. The largest absolute Gasteiger partial charge is 0.489 e. The van der Waals surface area contributed by atoms with Gasteiger partial charge < -0.3 is 14.8 Å². The molecule has 0 bridgehead atoms. The lowest BCUT2D eigenvalue weighted by Crippen LogP contribution is -2.29. The van der Waals surface area contributed by atoms with Crippen LogP contribution in [-0.4, -0.2) is 33.1 Å². The number of benzene rings is 2. The molecule has 0 aliphatic carbocycles. The number of aromatic nitrogens is 3. The van der Waals surface area contributed by atoms with Crippen LogP contribution in [0.2, 0.25) is 0 Å². The van der Waals surface area contributed by atoms with E-state index in [1.54, 1.807) is 16.4 Å². The number of ether oxygens (including phenoxy) is 2. The molecule has 1 aliphatic rings. The summed E-state index contributed by atoms with van der Waals surface area (Å²) in [5.41, 5.74) is 4.54. The van der Waals surface area contributed by atoms with E-state index >= 15 is 0 Å². The second kappa shape index (κ2) is 12.1. The van der Waals surface area contributed by atoms with Gasteiger partial charge in [0.15, 0.2) is 0 Å². The number of nitrogens with one attached hydrogen (secondary N) is 1. The van der Waals surface area contributed by atoms with Gasteiger partial charge in [-0.1, -0.05) is 68.4 Å². The molecule has 1 N–H and O–H groups in total. The first-order valence-corrected chi connectivity index (χ1v) is 13.5. The standard InChI is InChI=1S/C28H34N4O3S/c1-5-7-17-36-28-30-27-29-20(4)24(26(33)34-16-6-2)25(32(27)31-28)21-12-14-23(15-13-21)35-18-22-11-9-8-10-19(22)3/h8-15,25H,5-7,16-18H2,1-4H3,(H,29,30,31). The van der Waals surface area contributed by atoms with Crippen LogP contribution in [0, 0.1) is 6.92 Å². The molecular formula is C28H34N4O3S. The summed E-state index contributed by atoms with van der Waals surface area (Å²) in [6, 6.07) is 15.6. The summed E-state index contributed by atoms with van der Waals surface area (Å²) < 4.78 is 13.4. The van der Waals surface area contributed by atoms with Gasteiger partial charge in [-0.2, -0.15) is 4.98 Å². The number of thioether (sulfide) groups is 1. The van der Waals surface area contributed by atoms with E-state index in [0.717, 1.165) is 47.6 Å². The molecule has 1 aromatic heterocycles. The summed E-state index contributed by atoms with van der Waals surface area (Å²) in [5, 5.41) is 8.73. The summed E-state index contributed by atoms with van der Waals surface area (Å²) in [5.74, 6) is 2.01. The zero-order chi connectivity index (χ0) is 25.5. The molecule has 1 atom stereocenters. The van der Waals surface area contributed by atoms with Crippen molar-refractivity contribution in [2.24, 2.45) is 0 Å². The van der Waals surface area contributed by atoms with E-state index in [-0.39, 0.29) is 5.97 Å². The van der Waals surface area contributed by atoms with Gasteiger partial charge in [0.2, 0.25) is 11.1 Å². The summed E-state index contributed by atoms with van der Waals surface area (Å²) in [6.45, 7) is 8.99. The normalized spacial score (nSPS) is 14.8. The van der Waals surface area contributed by atoms with Gasteiger partial charge in [-0.3, -0.25) is 0 Å². The highest BCUT2D eigenvalue weighted by Crippen LogP contribution is 2.37. The number of hydrogen-bond donors (Lipinski definition) is 1. The quantitative estimate of drug-likeness (QED) is 0.186. The molecule has 2 heterocycles. The van der Waals surface area contributed by atoms with E-state index < -0.39 is 6.04 Å². The van der Waals surface area contributed by atoms with Gasteiger partial charge >= 0.3 is 5.97 Å². The fraction of sp³-hybridized carbons (Fsp3) is 0.393. The molecule has 0 saturated carbocycles. The van der Waals surface area contributed by atoms with Crippen LogP contribution in [0.25, 0.3) is 0 Å². The minimum absolute atomic E-state index is 0.340. The highest BCUT2D eigenvalue weighted by atomic mass is 32.2. The van der Waals surface area contributed by atoms with E-state index in [0.29, 0.717) is 29.9 Å². The first-order chi connectivity index (χ1) is 17.5. The van der Waals surface area contributed by atoms with Gasteiger partial charge in [0, 0.05) is 11.4 Å². The summed E-state index contributed by atoms with van der Waals surface area (Å²) >= 11 is 1.63. The number of rotatable bonds is 11. The summed E-state index contributed by atoms with van der Waals surface area (Å²) in [4.78, 5) is 17.8. The molecule has 2 aromatic carbocycles. The van der Waals surface area contributed by atoms with Crippen molar-refractivity contribution in [3.8, 4) is 5.75 Å². The Morgan fingerprint density at radius 3 is 2.58 bits per heavy atom. The molecule has 1 unspecified atom stereocenters. The van der Waals surface area contributed by atoms with Gasteiger partial charge in [-0.25, -0.2) is 9.48 Å². The molecule has 190 valence electrons. The zero-order valence-corrected chi connectivity index (χ0v) is 22.2. The van der Waals surface area contributed by atoms with Crippen molar-refractivity contribution < 1.29 is 14.3 Å². The monoisotopic (exact) mass is 506 g/mol. The second-order valence-corrected chi connectivity index (χ2v) is 9.91. The maximum absolute atomic E-state index is 13.1. The average molecular weight is 507 g/mol. The van der Waals surface area contributed by atoms with E-state index in [9.17, 15) is 4.79 Å². The fourth-order valence-electron chi connectivity index (χ4n) is 4.02. The van der Waals surface area contributed by atoms with Crippen LogP contribution in [0.5, 0.6) is 5.75 Å². The maximum atomic E-state index is 13.1. The van der Waals surface area contributed by atoms with Crippen LogP contribution < -0.4 is 10.1 Å². The minimum atomic E-state index is -0.441. The Labute approximate surface area is 217 Å². The Bertz CT molecular complexity index is 1220. The molecule has 4 rings (SSSR count). The SMILES string of the molecule is CCCCSc1nc2n(n1)C(c1ccc(OCc3ccccc3C)cc1)C(C(=O)OCCC)=C(C)N2. The Kier molecular flexibility index (Phi) is 8.70. The van der Waals surface area contributed by atoms with Crippen LogP contribution >= 0.6 is 11.8 Å².